The van der Waals surface area contributed by atoms with Crippen LogP contribution in [-0.4, -0.2) is 36.4 Å². The van der Waals surface area contributed by atoms with Crippen LogP contribution in [0.2, 0.25) is 0 Å². The van der Waals surface area contributed by atoms with Gasteiger partial charge in [-0.3, -0.25) is 4.79 Å². The number of Topliss-reactive ketones (excluding diaryl/α,β-unsaturated/α-hetero) is 1. The molecule has 0 aliphatic carbocycles. The normalized spacial score (nSPS) is 11.2. The van der Waals surface area contributed by atoms with E-state index in [9.17, 15) is 13.6 Å². The molecule has 26 heavy (non-hydrogen) atoms. The third-order valence-corrected chi connectivity index (χ3v) is 5.20. The molecule has 138 valence electrons. The smallest absolute Gasteiger partial charge is 0.176 e. The van der Waals surface area contributed by atoms with Crippen molar-refractivity contribution in [2.75, 3.05) is 19.3 Å². The zero-order chi connectivity index (χ0) is 19.3. The summed E-state index contributed by atoms with van der Waals surface area (Å²) in [5.74, 6) is -1.39. The number of carbonyl (C=O) groups excluding carboxylic acids is 1. The minimum atomic E-state index is -0.613. The number of rotatable bonds is 7. The highest BCUT2D eigenvalue weighted by atomic mass is 32.2. The molecule has 0 N–H and O–H groups in total. The molecule has 0 aliphatic heterocycles. The van der Waals surface area contributed by atoms with Gasteiger partial charge in [0.1, 0.15) is 11.6 Å². The van der Waals surface area contributed by atoms with E-state index in [1.54, 1.807) is 32.3 Å². The van der Waals surface area contributed by atoms with Crippen LogP contribution in [0.15, 0.2) is 40.2 Å². The van der Waals surface area contributed by atoms with Crippen molar-refractivity contribution in [1.29, 1.82) is 0 Å². The minimum absolute atomic E-state index is 0.00629. The SMILES string of the molecule is CCN(C)C=Nc1cc(F)c(C(=O)CSc2c(C)cccc2F)cc1C. The summed E-state index contributed by atoms with van der Waals surface area (Å²) in [5.41, 5.74) is 1.95. The molecule has 3 nitrogen and oxygen atoms in total. The second-order valence-electron chi connectivity index (χ2n) is 6.03. The van der Waals surface area contributed by atoms with Gasteiger partial charge in [0.15, 0.2) is 5.78 Å². The van der Waals surface area contributed by atoms with Crippen molar-refractivity contribution >= 4 is 29.6 Å². The molecule has 2 aromatic rings. The number of ketones is 1. The van der Waals surface area contributed by atoms with Gasteiger partial charge in [0, 0.05) is 24.6 Å². The predicted octanol–water partition coefficient (Wildman–Crippen LogP) is 5.17. The van der Waals surface area contributed by atoms with Gasteiger partial charge in [0.25, 0.3) is 0 Å². The van der Waals surface area contributed by atoms with Crippen molar-refractivity contribution < 1.29 is 13.6 Å². The van der Waals surface area contributed by atoms with Crippen molar-refractivity contribution in [3.05, 3.63) is 58.7 Å². The Balaban J connectivity index is 2.17. The zero-order valence-corrected chi connectivity index (χ0v) is 16.2. The average Bonchev–Trinajstić information content (AvgIpc) is 2.61. The third kappa shape index (κ3) is 4.91. The fourth-order valence-corrected chi connectivity index (χ4v) is 3.21. The van der Waals surface area contributed by atoms with Gasteiger partial charge in [0.05, 0.1) is 23.3 Å². The van der Waals surface area contributed by atoms with Gasteiger partial charge in [-0.25, -0.2) is 13.8 Å². The molecule has 0 amide bonds. The summed E-state index contributed by atoms with van der Waals surface area (Å²) in [4.78, 5) is 18.9. The lowest BCUT2D eigenvalue weighted by Gasteiger charge is -2.10. The quantitative estimate of drug-likeness (QED) is 0.289. The van der Waals surface area contributed by atoms with Gasteiger partial charge in [0.2, 0.25) is 0 Å². The Morgan fingerprint density at radius 3 is 2.58 bits per heavy atom. The Kier molecular flexibility index (Phi) is 6.91. The van der Waals surface area contributed by atoms with Crippen LogP contribution in [0.3, 0.4) is 0 Å². The third-order valence-electron chi connectivity index (χ3n) is 3.99. The van der Waals surface area contributed by atoms with Crippen LogP contribution in [0.25, 0.3) is 0 Å². The standard InChI is InChI=1S/C20H22F2N2OS/c1-5-24(4)12-23-18-10-17(22)15(9-14(18)3)19(25)11-26-20-13(2)7-6-8-16(20)21/h6-10,12H,5,11H2,1-4H3. The lowest BCUT2D eigenvalue weighted by molar-refractivity contribution is 0.101. The lowest BCUT2D eigenvalue weighted by Crippen LogP contribution is -2.14. The molecule has 0 unspecified atom stereocenters. The monoisotopic (exact) mass is 376 g/mol. The van der Waals surface area contributed by atoms with Crippen LogP contribution in [0.1, 0.15) is 28.4 Å². The van der Waals surface area contributed by atoms with E-state index < -0.39 is 5.82 Å². The van der Waals surface area contributed by atoms with E-state index in [1.807, 2.05) is 18.9 Å². The molecule has 2 aromatic carbocycles. The van der Waals surface area contributed by atoms with Gasteiger partial charge in [-0.1, -0.05) is 12.1 Å². The van der Waals surface area contributed by atoms with Crippen LogP contribution in [0.4, 0.5) is 14.5 Å². The number of hydrogen-bond donors (Lipinski definition) is 0. The van der Waals surface area contributed by atoms with Crippen molar-refractivity contribution in [3.8, 4) is 0 Å². The van der Waals surface area contributed by atoms with Crippen LogP contribution < -0.4 is 0 Å². The molecule has 0 atom stereocenters. The summed E-state index contributed by atoms with van der Waals surface area (Å²) in [6.07, 6.45) is 1.63. The summed E-state index contributed by atoms with van der Waals surface area (Å²) >= 11 is 1.09. The van der Waals surface area contributed by atoms with Crippen LogP contribution in [-0.2, 0) is 0 Å². The number of benzene rings is 2. The number of aryl methyl sites for hydroxylation is 2. The second-order valence-corrected chi connectivity index (χ2v) is 7.02. The number of nitrogens with zero attached hydrogens (tertiary/aromatic N) is 2. The maximum atomic E-state index is 14.4. The number of carbonyl (C=O) groups is 1. The van der Waals surface area contributed by atoms with E-state index >= 15 is 0 Å². The first kappa shape index (κ1) is 20.1. The molecule has 0 bridgehead atoms. The van der Waals surface area contributed by atoms with Gasteiger partial charge in [-0.2, -0.15) is 0 Å². The van der Waals surface area contributed by atoms with Crippen molar-refractivity contribution in [2.24, 2.45) is 4.99 Å². The topological polar surface area (TPSA) is 32.7 Å². The molecular weight excluding hydrogens is 354 g/mol. The number of halogens is 2. The first-order valence-corrected chi connectivity index (χ1v) is 9.27. The molecule has 0 spiro atoms. The second kappa shape index (κ2) is 8.94. The zero-order valence-electron chi connectivity index (χ0n) is 15.3. The summed E-state index contributed by atoms with van der Waals surface area (Å²) in [5, 5.41) is 0. The van der Waals surface area contributed by atoms with E-state index in [2.05, 4.69) is 4.99 Å². The highest BCUT2D eigenvalue weighted by Gasteiger charge is 2.16. The molecule has 0 aromatic heterocycles. The van der Waals surface area contributed by atoms with Gasteiger partial charge < -0.3 is 4.90 Å². The highest BCUT2D eigenvalue weighted by Crippen LogP contribution is 2.28. The van der Waals surface area contributed by atoms with E-state index in [4.69, 9.17) is 0 Å². The van der Waals surface area contributed by atoms with E-state index in [0.717, 1.165) is 23.9 Å². The molecule has 0 saturated carbocycles. The lowest BCUT2D eigenvalue weighted by atomic mass is 10.1. The molecule has 2 rings (SSSR count). The largest absolute Gasteiger partial charge is 0.366 e. The van der Waals surface area contributed by atoms with Crippen molar-refractivity contribution in [1.82, 2.24) is 4.90 Å². The Morgan fingerprint density at radius 2 is 1.92 bits per heavy atom. The highest BCUT2D eigenvalue weighted by molar-refractivity contribution is 8.00. The Hall–Kier alpha value is -2.21. The first-order valence-electron chi connectivity index (χ1n) is 8.29. The summed E-state index contributed by atoms with van der Waals surface area (Å²) < 4.78 is 28.2. The molecular formula is C20H22F2N2OS. The van der Waals surface area contributed by atoms with Gasteiger partial charge >= 0.3 is 0 Å². The minimum Gasteiger partial charge on any atom is -0.366 e. The molecule has 0 fully saturated rings. The summed E-state index contributed by atoms with van der Waals surface area (Å²) in [7, 11) is 1.87. The van der Waals surface area contributed by atoms with Crippen LogP contribution in [0, 0.1) is 25.5 Å². The van der Waals surface area contributed by atoms with Crippen molar-refractivity contribution in [2.45, 2.75) is 25.7 Å². The molecule has 0 aliphatic rings. The maximum absolute atomic E-state index is 14.4. The Morgan fingerprint density at radius 1 is 1.19 bits per heavy atom. The molecule has 0 radical (unpaired) electrons. The Labute approximate surface area is 157 Å². The van der Waals surface area contributed by atoms with Gasteiger partial charge in [-0.05, 0) is 44.0 Å². The van der Waals surface area contributed by atoms with Crippen LogP contribution in [0.5, 0.6) is 0 Å². The Bertz CT molecular complexity index is 817. The summed E-state index contributed by atoms with van der Waals surface area (Å²) in [6, 6.07) is 7.52. The number of hydrogen-bond acceptors (Lipinski definition) is 3. The predicted molar refractivity (Wildman–Crippen MR) is 104 cm³/mol. The maximum Gasteiger partial charge on any atom is 0.176 e. The first-order chi connectivity index (χ1) is 12.3. The molecule has 0 saturated heterocycles. The summed E-state index contributed by atoms with van der Waals surface area (Å²) in [6.45, 7) is 6.33. The van der Waals surface area contributed by atoms with E-state index in [-0.39, 0.29) is 22.9 Å². The van der Waals surface area contributed by atoms with Crippen LogP contribution >= 0.6 is 11.8 Å². The van der Waals surface area contributed by atoms with E-state index in [0.29, 0.717) is 16.1 Å². The molecule has 6 heteroatoms. The van der Waals surface area contributed by atoms with Crippen molar-refractivity contribution in [3.63, 3.8) is 0 Å². The average molecular weight is 376 g/mol. The van der Waals surface area contributed by atoms with E-state index in [1.165, 1.54) is 18.2 Å². The fourth-order valence-electron chi connectivity index (χ4n) is 2.28. The number of aliphatic imine (C=N–C) groups is 1. The molecule has 0 heterocycles. The number of thioether (sulfide) groups is 1. The fraction of sp³-hybridized carbons (Fsp3) is 0.300. The van der Waals surface area contributed by atoms with Gasteiger partial charge in [-0.15, -0.1) is 11.8 Å².